The van der Waals surface area contributed by atoms with Gasteiger partial charge in [-0.3, -0.25) is 14.5 Å². The molecule has 4 rings (SSSR count). The molecule has 0 saturated carbocycles. The molecule has 0 aliphatic carbocycles. The third-order valence-electron chi connectivity index (χ3n) is 5.13. The van der Waals surface area contributed by atoms with E-state index in [1.807, 2.05) is 31.4 Å². The van der Waals surface area contributed by atoms with Gasteiger partial charge in [0.15, 0.2) is 0 Å². The van der Waals surface area contributed by atoms with Crippen LogP contribution < -0.4 is 9.64 Å². The molecule has 5 nitrogen and oxygen atoms in total. The predicted octanol–water partition coefficient (Wildman–Crippen LogP) is 5.73. The van der Waals surface area contributed by atoms with Crippen molar-refractivity contribution in [3.8, 4) is 5.75 Å². The number of halogens is 1. The number of amides is 1. The summed E-state index contributed by atoms with van der Waals surface area (Å²) in [5, 5.41) is 13.5. The molecule has 1 fully saturated rings. The molecule has 1 unspecified atom stereocenters. The van der Waals surface area contributed by atoms with Crippen molar-refractivity contribution >= 4 is 46.1 Å². The lowest BCUT2D eigenvalue weighted by Gasteiger charge is -2.25. The zero-order valence-corrected chi connectivity index (χ0v) is 18.5. The summed E-state index contributed by atoms with van der Waals surface area (Å²) in [7, 11) is 0. The van der Waals surface area contributed by atoms with Gasteiger partial charge < -0.3 is 9.84 Å². The lowest BCUT2D eigenvalue weighted by Crippen LogP contribution is -2.29. The number of carbonyl (C=O) groups excluding carboxylic acids is 2. The highest BCUT2D eigenvalue weighted by Crippen LogP contribution is 2.45. The van der Waals surface area contributed by atoms with E-state index in [-0.39, 0.29) is 11.3 Å². The summed E-state index contributed by atoms with van der Waals surface area (Å²) in [6, 6.07) is 15.0. The lowest BCUT2D eigenvalue weighted by molar-refractivity contribution is -0.132. The van der Waals surface area contributed by atoms with Crippen molar-refractivity contribution < 1.29 is 19.4 Å². The third-order valence-corrected chi connectivity index (χ3v) is 6.52. The van der Waals surface area contributed by atoms with Crippen molar-refractivity contribution in [2.45, 2.75) is 19.9 Å². The molecule has 1 aliphatic heterocycles. The number of thiophene rings is 1. The van der Waals surface area contributed by atoms with Crippen molar-refractivity contribution in [3.05, 3.63) is 86.6 Å². The summed E-state index contributed by atoms with van der Waals surface area (Å²) in [5.74, 6) is -1.27. The minimum atomic E-state index is -0.730. The number of hydrogen-bond donors (Lipinski definition) is 1. The van der Waals surface area contributed by atoms with Gasteiger partial charge in [0, 0.05) is 16.1 Å². The normalized spacial score (nSPS) is 17.9. The largest absolute Gasteiger partial charge is 0.507 e. The number of para-hydroxylation sites is 1. The van der Waals surface area contributed by atoms with E-state index in [9.17, 15) is 14.7 Å². The Morgan fingerprint density at radius 3 is 2.55 bits per heavy atom. The van der Waals surface area contributed by atoms with Gasteiger partial charge >= 0.3 is 0 Å². The molecular formula is C24H20ClNO4S. The number of anilines is 1. The quantitative estimate of drug-likeness (QED) is 0.304. The predicted molar refractivity (Wildman–Crippen MR) is 123 cm³/mol. The minimum Gasteiger partial charge on any atom is -0.507 e. The molecule has 3 aromatic rings. The molecular weight excluding hydrogens is 434 g/mol. The van der Waals surface area contributed by atoms with E-state index < -0.39 is 17.7 Å². The van der Waals surface area contributed by atoms with Crippen LogP contribution in [0.1, 0.15) is 29.0 Å². The monoisotopic (exact) mass is 453 g/mol. The molecule has 158 valence electrons. The number of carbonyl (C=O) groups is 2. The molecule has 1 aliphatic rings. The SMILES string of the molecule is CCOc1cc(/C(O)=C2/C(=O)C(=O)N(c3ccccc3)C2c2sccc2C)ccc1Cl. The first kappa shape index (κ1) is 21.2. The first-order valence-electron chi connectivity index (χ1n) is 9.76. The van der Waals surface area contributed by atoms with Gasteiger partial charge in [0.25, 0.3) is 11.7 Å². The van der Waals surface area contributed by atoms with Crippen LogP contribution in [0.3, 0.4) is 0 Å². The molecule has 0 bridgehead atoms. The maximum Gasteiger partial charge on any atom is 0.300 e. The number of hydrogen-bond acceptors (Lipinski definition) is 5. The van der Waals surface area contributed by atoms with Crippen molar-refractivity contribution in [1.29, 1.82) is 0 Å². The number of nitrogens with zero attached hydrogens (tertiary/aromatic N) is 1. The highest BCUT2D eigenvalue weighted by Gasteiger charge is 2.47. The van der Waals surface area contributed by atoms with Gasteiger partial charge in [-0.25, -0.2) is 0 Å². The fraction of sp³-hybridized carbons (Fsp3) is 0.167. The first-order valence-corrected chi connectivity index (χ1v) is 11.0. The number of benzene rings is 2. The standard InChI is InChI=1S/C24H20ClNO4S/c1-3-30-18-13-15(9-10-17(18)25)21(27)19-20(23-14(2)11-12-31-23)26(24(29)22(19)28)16-7-5-4-6-8-16/h4-13,20,27H,3H2,1-2H3/b21-19-. The van der Waals surface area contributed by atoms with E-state index >= 15 is 0 Å². The summed E-state index contributed by atoms with van der Waals surface area (Å²) >= 11 is 7.62. The van der Waals surface area contributed by atoms with E-state index in [1.165, 1.54) is 16.2 Å². The fourth-order valence-electron chi connectivity index (χ4n) is 3.67. The number of ether oxygens (including phenoxy) is 1. The van der Waals surface area contributed by atoms with Gasteiger partial charge in [-0.05, 0) is 61.2 Å². The van der Waals surface area contributed by atoms with E-state index in [4.69, 9.17) is 16.3 Å². The molecule has 2 aromatic carbocycles. The Morgan fingerprint density at radius 2 is 1.90 bits per heavy atom. The number of Topliss-reactive ketones (excluding diaryl/α,β-unsaturated/α-hetero) is 1. The smallest absolute Gasteiger partial charge is 0.300 e. The van der Waals surface area contributed by atoms with Crippen LogP contribution in [-0.2, 0) is 9.59 Å². The number of ketones is 1. The zero-order valence-electron chi connectivity index (χ0n) is 17.0. The van der Waals surface area contributed by atoms with Crippen molar-refractivity contribution in [2.24, 2.45) is 0 Å². The lowest BCUT2D eigenvalue weighted by atomic mass is 9.98. The van der Waals surface area contributed by atoms with Gasteiger partial charge in [-0.15, -0.1) is 11.3 Å². The van der Waals surface area contributed by atoms with Crippen LogP contribution in [0.15, 0.2) is 65.6 Å². The molecule has 2 heterocycles. The van der Waals surface area contributed by atoms with Crippen molar-refractivity contribution in [3.63, 3.8) is 0 Å². The van der Waals surface area contributed by atoms with Crippen LogP contribution in [0.4, 0.5) is 5.69 Å². The number of aryl methyl sites for hydroxylation is 1. The summed E-state index contributed by atoms with van der Waals surface area (Å²) in [5.41, 5.74) is 1.93. The molecule has 0 radical (unpaired) electrons. The van der Waals surface area contributed by atoms with Crippen LogP contribution in [0.25, 0.3) is 5.76 Å². The summed E-state index contributed by atoms with van der Waals surface area (Å²) in [6.45, 7) is 4.15. The van der Waals surface area contributed by atoms with Gasteiger partial charge in [-0.2, -0.15) is 0 Å². The van der Waals surface area contributed by atoms with E-state index in [0.717, 1.165) is 10.4 Å². The second-order valence-corrected chi connectivity index (χ2v) is 8.41. The summed E-state index contributed by atoms with van der Waals surface area (Å²) in [6.07, 6.45) is 0. The van der Waals surface area contributed by atoms with Gasteiger partial charge in [0.2, 0.25) is 0 Å². The Morgan fingerprint density at radius 1 is 1.16 bits per heavy atom. The number of aliphatic hydroxyl groups is 1. The van der Waals surface area contributed by atoms with Crippen LogP contribution in [0.5, 0.6) is 5.75 Å². The highest BCUT2D eigenvalue weighted by atomic mass is 35.5. The molecule has 1 saturated heterocycles. The highest BCUT2D eigenvalue weighted by molar-refractivity contribution is 7.10. The maximum absolute atomic E-state index is 13.1. The Bertz CT molecular complexity index is 1190. The Hall–Kier alpha value is -3.09. The first-order chi connectivity index (χ1) is 14.9. The van der Waals surface area contributed by atoms with Gasteiger partial charge in [0.05, 0.1) is 17.2 Å². The third kappa shape index (κ3) is 3.73. The second-order valence-electron chi connectivity index (χ2n) is 7.05. The molecule has 1 amide bonds. The van der Waals surface area contributed by atoms with E-state index in [0.29, 0.717) is 28.6 Å². The molecule has 1 aromatic heterocycles. The van der Waals surface area contributed by atoms with Crippen molar-refractivity contribution in [2.75, 3.05) is 11.5 Å². The zero-order chi connectivity index (χ0) is 22.1. The molecule has 7 heteroatoms. The second kappa shape index (κ2) is 8.57. The molecule has 1 N–H and O–H groups in total. The van der Waals surface area contributed by atoms with Crippen LogP contribution in [0, 0.1) is 6.92 Å². The van der Waals surface area contributed by atoms with Gasteiger partial charge in [-0.1, -0.05) is 29.8 Å². The molecule has 1 atom stereocenters. The van der Waals surface area contributed by atoms with Gasteiger partial charge in [0.1, 0.15) is 17.6 Å². The Balaban J connectivity index is 1.93. The van der Waals surface area contributed by atoms with Crippen LogP contribution in [-0.4, -0.2) is 23.4 Å². The minimum absolute atomic E-state index is 0.0455. The Labute approximate surface area is 189 Å². The number of aliphatic hydroxyl groups excluding tert-OH is 1. The average molecular weight is 454 g/mol. The Kier molecular flexibility index (Phi) is 5.85. The number of rotatable bonds is 5. The summed E-state index contributed by atoms with van der Waals surface area (Å²) in [4.78, 5) is 28.5. The van der Waals surface area contributed by atoms with Crippen molar-refractivity contribution in [1.82, 2.24) is 0 Å². The molecule has 0 spiro atoms. The van der Waals surface area contributed by atoms with E-state index in [1.54, 1.807) is 42.5 Å². The van der Waals surface area contributed by atoms with E-state index in [2.05, 4.69) is 0 Å². The maximum atomic E-state index is 13.1. The molecule has 31 heavy (non-hydrogen) atoms. The average Bonchev–Trinajstić information content (AvgIpc) is 3.30. The fourth-order valence-corrected chi connectivity index (χ4v) is 4.87. The van der Waals surface area contributed by atoms with Crippen LogP contribution in [0.2, 0.25) is 5.02 Å². The topological polar surface area (TPSA) is 66.8 Å². The summed E-state index contributed by atoms with van der Waals surface area (Å²) < 4.78 is 5.52. The van der Waals surface area contributed by atoms with Crippen LogP contribution >= 0.6 is 22.9 Å².